The fourth-order valence-electron chi connectivity index (χ4n) is 2.16. The molecule has 0 fully saturated rings. The first-order valence-corrected chi connectivity index (χ1v) is 7.32. The lowest BCUT2D eigenvalue weighted by atomic mass is 9.95. The van der Waals surface area contributed by atoms with E-state index in [0.29, 0.717) is 6.54 Å². The van der Waals surface area contributed by atoms with Crippen molar-refractivity contribution in [1.29, 1.82) is 5.26 Å². The van der Waals surface area contributed by atoms with Gasteiger partial charge in [0.15, 0.2) is 0 Å². The number of rotatable bonds is 5. The highest BCUT2D eigenvalue weighted by Gasteiger charge is 2.17. The molecule has 1 atom stereocenters. The molecule has 0 heterocycles. The number of nitrogens with zero attached hydrogens (tertiary/aromatic N) is 1. The first-order chi connectivity index (χ1) is 10.0. The predicted molar refractivity (Wildman–Crippen MR) is 87.7 cm³/mol. The molecular formula is C19H22N2. The molecule has 2 heteroatoms. The summed E-state index contributed by atoms with van der Waals surface area (Å²) in [6.07, 6.45) is 0. The number of hydrogen-bond donors (Lipinski definition) is 1. The van der Waals surface area contributed by atoms with Gasteiger partial charge < -0.3 is 5.32 Å². The molecule has 108 valence electrons. The second-order valence-electron chi connectivity index (χ2n) is 6.09. The Labute approximate surface area is 127 Å². The summed E-state index contributed by atoms with van der Waals surface area (Å²) in [4.78, 5) is 0. The molecule has 2 aromatic carbocycles. The van der Waals surface area contributed by atoms with Crippen LogP contribution in [0.4, 0.5) is 0 Å². The highest BCUT2D eigenvalue weighted by Crippen LogP contribution is 2.22. The molecule has 0 aliphatic carbocycles. The van der Waals surface area contributed by atoms with E-state index < -0.39 is 0 Å². The molecule has 0 aliphatic rings. The summed E-state index contributed by atoms with van der Waals surface area (Å²) in [6.45, 7) is 6.71. The van der Waals surface area contributed by atoms with Crippen molar-refractivity contribution in [2.45, 2.75) is 26.8 Å². The van der Waals surface area contributed by atoms with Crippen LogP contribution in [0.25, 0.3) is 11.1 Å². The number of nitriles is 1. The fraction of sp³-hybridized carbons (Fsp3) is 0.316. The van der Waals surface area contributed by atoms with Crippen molar-refractivity contribution in [3.05, 3.63) is 60.2 Å². The third kappa shape index (κ3) is 4.18. The van der Waals surface area contributed by atoms with Gasteiger partial charge in [-0.05, 0) is 37.5 Å². The van der Waals surface area contributed by atoms with Gasteiger partial charge in [0, 0.05) is 12.6 Å². The van der Waals surface area contributed by atoms with E-state index in [1.54, 1.807) is 0 Å². The van der Waals surface area contributed by atoms with Crippen LogP contribution in [0.1, 0.15) is 32.4 Å². The van der Waals surface area contributed by atoms with Crippen molar-refractivity contribution in [1.82, 2.24) is 5.32 Å². The van der Waals surface area contributed by atoms with Gasteiger partial charge in [0.1, 0.15) is 0 Å². The number of hydrogen-bond acceptors (Lipinski definition) is 2. The van der Waals surface area contributed by atoms with E-state index in [4.69, 9.17) is 5.26 Å². The average molecular weight is 278 g/mol. The van der Waals surface area contributed by atoms with E-state index >= 15 is 0 Å². The molecule has 2 rings (SSSR count). The molecule has 0 spiro atoms. The maximum Gasteiger partial charge on any atom is 0.0697 e. The first-order valence-electron chi connectivity index (χ1n) is 7.32. The van der Waals surface area contributed by atoms with Gasteiger partial charge in [-0.2, -0.15) is 5.26 Å². The second kappa shape index (κ2) is 6.56. The predicted octanol–water partition coefficient (Wildman–Crippen LogP) is 4.55. The fourth-order valence-corrected chi connectivity index (χ4v) is 2.16. The summed E-state index contributed by atoms with van der Waals surface area (Å²) in [5, 5.41) is 12.5. The monoisotopic (exact) mass is 278 g/mol. The summed E-state index contributed by atoms with van der Waals surface area (Å²) in [6, 6.07) is 21.5. The van der Waals surface area contributed by atoms with Crippen molar-refractivity contribution in [3.8, 4) is 17.2 Å². The third-order valence-corrected chi connectivity index (χ3v) is 3.67. The van der Waals surface area contributed by atoms with E-state index in [-0.39, 0.29) is 11.5 Å². The molecule has 2 aromatic rings. The molecule has 0 saturated heterocycles. The van der Waals surface area contributed by atoms with Crippen LogP contribution in [0.15, 0.2) is 54.6 Å². The van der Waals surface area contributed by atoms with E-state index in [9.17, 15) is 0 Å². The van der Waals surface area contributed by atoms with Gasteiger partial charge in [0.05, 0.1) is 11.5 Å². The summed E-state index contributed by atoms with van der Waals surface area (Å²) in [5.74, 6) is 0. The van der Waals surface area contributed by atoms with Crippen LogP contribution < -0.4 is 5.32 Å². The molecule has 0 radical (unpaired) electrons. The Balaban J connectivity index is 2.04. The smallest absolute Gasteiger partial charge is 0.0697 e. The van der Waals surface area contributed by atoms with Gasteiger partial charge in [-0.15, -0.1) is 0 Å². The molecule has 21 heavy (non-hydrogen) atoms. The molecular weight excluding hydrogens is 256 g/mol. The Morgan fingerprint density at radius 1 is 1.00 bits per heavy atom. The van der Waals surface area contributed by atoms with Crippen LogP contribution in [-0.4, -0.2) is 6.54 Å². The molecule has 0 bridgehead atoms. The van der Waals surface area contributed by atoms with Gasteiger partial charge in [-0.25, -0.2) is 0 Å². The van der Waals surface area contributed by atoms with E-state index in [2.05, 4.69) is 66.8 Å². The van der Waals surface area contributed by atoms with Crippen LogP contribution in [0.2, 0.25) is 0 Å². The highest BCUT2D eigenvalue weighted by atomic mass is 14.9. The highest BCUT2D eigenvalue weighted by molar-refractivity contribution is 5.63. The first kappa shape index (κ1) is 15.3. The van der Waals surface area contributed by atoms with Crippen molar-refractivity contribution in [2.24, 2.45) is 5.41 Å². The van der Waals surface area contributed by atoms with E-state index in [1.165, 1.54) is 16.7 Å². The zero-order valence-electron chi connectivity index (χ0n) is 12.9. The summed E-state index contributed by atoms with van der Waals surface area (Å²) in [7, 11) is 0. The Bertz CT molecular complexity index is 606. The van der Waals surface area contributed by atoms with Crippen molar-refractivity contribution < 1.29 is 0 Å². The maximum absolute atomic E-state index is 9.05. The van der Waals surface area contributed by atoms with Crippen LogP contribution in [-0.2, 0) is 0 Å². The van der Waals surface area contributed by atoms with Gasteiger partial charge in [0.2, 0.25) is 0 Å². The lowest BCUT2D eigenvalue weighted by Gasteiger charge is -2.21. The largest absolute Gasteiger partial charge is 0.309 e. The Morgan fingerprint density at radius 2 is 1.57 bits per heavy atom. The normalized spacial score (nSPS) is 12.7. The quantitative estimate of drug-likeness (QED) is 0.870. The summed E-state index contributed by atoms with van der Waals surface area (Å²) < 4.78 is 0. The van der Waals surface area contributed by atoms with E-state index in [0.717, 1.165) is 0 Å². The summed E-state index contributed by atoms with van der Waals surface area (Å²) >= 11 is 0. The van der Waals surface area contributed by atoms with Crippen LogP contribution in [0.5, 0.6) is 0 Å². The molecule has 0 saturated carbocycles. The molecule has 1 unspecified atom stereocenters. The zero-order valence-corrected chi connectivity index (χ0v) is 12.9. The van der Waals surface area contributed by atoms with Gasteiger partial charge >= 0.3 is 0 Å². The second-order valence-corrected chi connectivity index (χ2v) is 6.09. The Kier molecular flexibility index (Phi) is 4.77. The third-order valence-electron chi connectivity index (χ3n) is 3.67. The Morgan fingerprint density at radius 3 is 2.14 bits per heavy atom. The van der Waals surface area contributed by atoms with Gasteiger partial charge in [-0.1, -0.05) is 54.6 Å². The standard InChI is InChI=1S/C19H22N2/c1-15(21-14-19(2,3)13-20)16-9-11-18(12-10-16)17-7-5-4-6-8-17/h4-12,15,21H,14H2,1-3H3. The lowest BCUT2D eigenvalue weighted by molar-refractivity contribution is 0.415. The van der Waals surface area contributed by atoms with Crippen molar-refractivity contribution in [3.63, 3.8) is 0 Å². The minimum Gasteiger partial charge on any atom is -0.309 e. The van der Waals surface area contributed by atoms with E-state index in [1.807, 2.05) is 19.9 Å². The van der Waals surface area contributed by atoms with Crippen LogP contribution in [0.3, 0.4) is 0 Å². The molecule has 0 amide bonds. The molecule has 2 nitrogen and oxygen atoms in total. The zero-order chi connectivity index (χ0) is 15.3. The van der Waals surface area contributed by atoms with Crippen LogP contribution in [0, 0.1) is 16.7 Å². The number of nitrogens with one attached hydrogen (secondary N) is 1. The SMILES string of the molecule is CC(NCC(C)(C)C#N)c1ccc(-c2ccccc2)cc1. The minimum atomic E-state index is -0.335. The van der Waals surface area contributed by atoms with Gasteiger partial charge in [-0.3, -0.25) is 0 Å². The van der Waals surface area contributed by atoms with Crippen molar-refractivity contribution >= 4 is 0 Å². The average Bonchev–Trinajstić information content (AvgIpc) is 2.54. The lowest BCUT2D eigenvalue weighted by Crippen LogP contribution is -2.30. The molecule has 0 aromatic heterocycles. The Hall–Kier alpha value is -2.11. The minimum absolute atomic E-state index is 0.238. The molecule has 1 N–H and O–H groups in total. The maximum atomic E-state index is 9.05. The van der Waals surface area contributed by atoms with Crippen LogP contribution >= 0.6 is 0 Å². The van der Waals surface area contributed by atoms with Gasteiger partial charge in [0.25, 0.3) is 0 Å². The summed E-state index contributed by atoms with van der Waals surface area (Å²) in [5.41, 5.74) is 3.36. The number of benzene rings is 2. The van der Waals surface area contributed by atoms with Crippen molar-refractivity contribution in [2.75, 3.05) is 6.54 Å². The topological polar surface area (TPSA) is 35.8 Å². The molecule has 0 aliphatic heterocycles.